The molecule has 1 atom stereocenters. The minimum absolute atomic E-state index is 0.0450. The van der Waals surface area contributed by atoms with Crippen molar-refractivity contribution in [2.75, 3.05) is 13.1 Å². The molecule has 2 aromatic heterocycles. The molecule has 2 amide bonds. The van der Waals surface area contributed by atoms with E-state index in [1.165, 1.54) is 16.7 Å². The van der Waals surface area contributed by atoms with Gasteiger partial charge < -0.3 is 10.6 Å². The Bertz CT molecular complexity index is 954. The van der Waals surface area contributed by atoms with Crippen molar-refractivity contribution in [1.82, 2.24) is 15.5 Å². The number of nitrogens with zero attached hydrogens (tertiary/aromatic N) is 1. The van der Waals surface area contributed by atoms with Crippen LogP contribution in [-0.4, -0.2) is 29.8 Å². The van der Waals surface area contributed by atoms with Gasteiger partial charge in [-0.1, -0.05) is 30.3 Å². The summed E-state index contributed by atoms with van der Waals surface area (Å²) in [7, 11) is 0. The fourth-order valence-electron chi connectivity index (χ4n) is 3.64. The molecule has 0 saturated carbocycles. The van der Waals surface area contributed by atoms with Gasteiger partial charge in [0.25, 0.3) is 0 Å². The number of hydrogen-bond donors (Lipinski definition) is 2. The summed E-state index contributed by atoms with van der Waals surface area (Å²) in [6.07, 6.45) is 0.992. The van der Waals surface area contributed by atoms with Gasteiger partial charge in [-0.2, -0.15) is 11.3 Å². The average molecular weight is 426 g/mol. The molecule has 29 heavy (non-hydrogen) atoms. The normalized spacial score (nSPS) is 14.8. The lowest BCUT2D eigenvalue weighted by Gasteiger charge is -2.35. The van der Waals surface area contributed by atoms with Gasteiger partial charge in [0.1, 0.15) is 0 Å². The van der Waals surface area contributed by atoms with E-state index in [1.807, 2.05) is 17.5 Å². The van der Waals surface area contributed by atoms with Crippen LogP contribution in [0.25, 0.3) is 0 Å². The molecule has 3 heterocycles. The Morgan fingerprint density at radius 1 is 1.00 bits per heavy atom. The molecule has 0 bridgehead atoms. The molecular formula is C22H23N3O2S2. The zero-order valence-corrected chi connectivity index (χ0v) is 17.6. The summed E-state index contributed by atoms with van der Waals surface area (Å²) in [5, 5.41) is 11.6. The number of fused-ring (bicyclic) bond motifs is 1. The Morgan fingerprint density at radius 2 is 1.83 bits per heavy atom. The Labute approximate surface area is 178 Å². The van der Waals surface area contributed by atoms with Gasteiger partial charge in [-0.3, -0.25) is 14.5 Å². The van der Waals surface area contributed by atoms with Gasteiger partial charge in [-0.15, -0.1) is 11.3 Å². The minimum atomic E-state index is -0.591. The van der Waals surface area contributed by atoms with E-state index in [0.717, 1.165) is 24.4 Å². The smallest absolute Gasteiger partial charge is 0.309 e. The number of benzene rings is 1. The highest BCUT2D eigenvalue weighted by atomic mass is 32.1. The Kier molecular flexibility index (Phi) is 6.39. The van der Waals surface area contributed by atoms with Crippen molar-refractivity contribution in [3.8, 4) is 0 Å². The van der Waals surface area contributed by atoms with Crippen molar-refractivity contribution in [2.45, 2.75) is 25.6 Å². The molecule has 5 nitrogen and oxygen atoms in total. The summed E-state index contributed by atoms with van der Waals surface area (Å²) in [5.74, 6) is -1.18. The number of amides is 2. The second-order valence-electron chi connectivity index (χ2n) is 7.03. The first-order chi connectivity index (χ1) is 14.2. The highest BCUT2D eigenvalue weighted by Gasteiger charge is 2.26. The molecule has 0 spiro atoms. The summed E-state index contributed by atoms with van der Waals surface area (Å²) < 4.78 is 0. The molecule has 150 valence electrons. The standard InChI is InChI=1S/C22H23N3O2S2/c26-21(23-12-19-6-3-10-29-19)22(27)24-13-20(18-8-11-28-15-18)25-9-7-16-4-1-2-5-17(16)14-25/h1-6,8,10-11,15,20H,7,9,12-14H2,(H,23,26)(H,24,27)/t20-/m1/s1. The van der Waals surface area contributed by atoms with E-state index < -0.39 is 11.8 Å². The number of nitrogens with one attached hydrogen (secondary N) is 2. The largest absolute Gasteiger partial charge is 0.346 e. The summed E-state index contributed by atoms with van der Waals surface area (Å²) in [6.45, 7) is 2.56. The molecule has 2 N–H and O–H groups in total. The molecule has 0 unspecified atom stereocenters. The minimum Gasteiger partial charge on any atom is -0.346 e. The molecule has 0 radical (unpaired) electrons. The van der Waals surface area contributed by atoms with Crippen LogP contribution in [-0.2, 0) is 29.1 Å². The molecule has 3 aromatic rings. The molecule has 0 saturated heterocycles. The van der Waals surface area contributed by atoms with Gasteiger partial charge in [0.2, 0.25) is 0 Å². The molecule has 1 aliphatic heterocycles. The van der Waals surface area contributed by atoms with E-state index in [0.29, 0.717) is 13.1 Å². The average Bonchev–Trinajstić information content (AvgIpc) is 3.46. The Balaban J connectivity index is 1.38. The molecule has 0 fully saturated rings. The fraction of sp³-hybridized carbons (Fsp3) is 0.273. The van der Waals surface area contributed by atoms with Gasteiger partial charge in [0, 0.05) is 24.5 Å². The van der Waals surface area contributed by atoms with Crippen LogP contribution < -0.4 is 10.6 Å². The van der Waals surface area contributed by atoms with E-state index in [4.69, 9.17) is 0 Å². The predicted molar refractivity (Wildman–Crippen MR) is 117 cm³/mol. The lowest BCUT2D eigenvalue weighted by Crippen LogP contribution is -2.44. The number of carbonyl (C=O) groups excluding carboxylic acids is 2. The first-order valence-corrected chi connectivity index (χ1v) is 11.4. The van der Waals surface area contributed by atoms with Crippen molar-refractivity contribution in [1.29, 1.82) is 0 Å². The van der Waals surface area contributed by atoms with Gasteiger partial charge in [0.15, 0.2) is 0 Å². The van der Waals surface area contributed by atoms with Crippen LogP contribution in [0.4, 0.5) is 0 Å². The van der Waals surface area contributed by atoms with E-state index in [1.54, 1.807) is 22.7 Å². The second kappa shape index (κ2) is 9.35. The van der Waals surface area contributed by atoms with Crippen molar-refractivity contribution in [3.05, 3.63) is 80.2 Å². The van der Waals surface area contributed by atoms with Gasteiger partial charge in [-0.05, 0) is 51.4 Å². The third kappa shape index (κ3) is 4.93. The van der Waals surface area contributed by atoms with E-state index in [2.05, 4.69) is 56.6 Å². The van der Waals surface area contributed by atoms with Crippen molar-refractivity contribution in [2.24, 2.45) is 0 Å². The topological polar surface area (TPSA) is 61.4 Å². The number of carbonyl (C=O) groups is 2. The first-order valence-electron chi connectivity index (χ1n) is 9.62. The Morgan fingerprint density at radius 3 is 2.59 bits per heavy atom. The van der Waals surface area contributed by atoms with Gasteiger partial charge in [-0.25, -0.2) is 0 Å². The molecule has 1 aliphatic rings. The molecule has 1 aromatic carbocycles. The maximum absolute atomic E-state index is 12.3. The highest BCUT2D eigenvalue weighted by molar-refractivity contribution is 7.09. The second-order valence-corrected chi connectivity index (χ2v) is 8.85. The van der Waals surface area contributed by atoms with Crippen LogP contribution in [0.2, 0.25) is 0 Å². The summed E-state index contributed by atoms with van der Waals surface area (Å²) >= 11 is 3.20. The molecule has 0 aliphatic carbocycles. The number of thiophene rings is 2. The van der Waals surface area contributed by atoms with E-state index >= 15 is 0 Å². The monoisotopic (exact) mass is 425 g/mol. The summed E-state index contributed by atoms with van der Waals surface area (Å²) in [5.41, 5.74) is 3.90. The highest BCUT2D eigenvalue weighted by Crippen LogP contribution is 2.28. The van der Waals surface area contributed by atoms with E-state index in [9.17, 15) is 9.59 Å². The van der Waals surface area contributed by atoms with Gasteiger partial charge in [0.05, 0.1) is 12.6 Å². The van der Waals surface area contributed by atoms with Crippen LogP contribution in [0, 0.1) is 0 Å². The summed E-state index contributed by atoms with van der Waals surface area (Å²) in [6, 6.07) is 14.5. The zero-order valence-electron chi connectivity index (χ0n) is 16.0. The summed E-state index contributed by atoms with van der Waals surface area (Å²) in [4.78, 5) is 27.9. The van der Waals surface area contributed by atoms with Crippen LogP contribution in [0.5, 0.6) is 0 Å². The molecular weight excluding hydrogens is 402 g/mol. The number of hydrogen-bond acceptors (Lipinski definition) is 5. The lowest BCUT2D eigenvalue weighted by atomic mass is 9.97. The van der Waals surface area contributed by atoms with Crippen LogP contribution in [0.1, 0.15) is 27.6 Å². The lowest BCUT2D eigenvalue weighted by molar-refractivity contribution is -0.139. The van der Waals surface area contributed by atoms with Crippen molar-refractivity contribution in [3.63, 3.8) is 0 Å². The quantitative estimate of drug-likeness (QED) is 0.596. The van der Waals surface area contributed by atoms with Gasteiger partial charge >= 0.3 is 11.8 Å². The molecule has 4 rings (SSSR count). The van der Waals surface area contributed by atoms with Crippen molar-refractivity contribution >= 4 is 34.5 Å². The first kappa shape index (κ1) is 19.8. The van der Waals surface area contributed by atoms with Crippen LogP contribution in [0.3, 0.4) is 0 Å². The SMILES string of the molecule is O=C(NCc1cccs1)C(=O)NC[C@H](c1ccsc1)N1CCc2ccccc2C1. The third-order valence-electron chi connectivity index (χ3n) is 5.19. The Hall–Kier alpha value is -2.48. The maximum atomic E-state index is 12.3. The third-order valence-corrected chi connectivity index (χ3v) is 6.77. The fourth-order valence-corrected chi connectivity index (χ4v) is 4.99. The zero-order chi connectivity index (χ0) is 20.1. The number of rotatable bonds is 6. The maximum Gasteiger partial charge on any atom is 0.309 e. The van der Waals surface area contributed by atoms with E-state index in [-0.39, 0.29) is 6.04 Å². The van der Waals surface area contributed by atoms with Crippen LogP contribution in [0.15, 0.2) is 58.6 Å². The molecule has 7 heteroatoms. The van der Waals surface area contributed by atoms with Crippen LogP contribution >= 0.6 is 22.7 Å². The predicted octanol–water partition coefficient (Wildman–Crippen LogP) is 3.34. The van der Waals surface area contributed by atoms with Crippen molar-refractivity contribution < 1.29 is 9.59 Å².